The second-order valence-corrected chi connectivity index (χ2v) is 7.70. The van der Waals surface area contributed by atoms with Crippen LogP contribution < -0.4 is 5.56 Å². The van der Waals surface area contributed by atoms with E-state index in [0.717, 1.165) is 21.6 Å². The molecule has 1 N–H and O–H groups in total. The van der Waals surface area contributed by atoms with Crippen molar-refractivity contribution in [3.05, 3.63) is 63.1 Å². The number of hydrogen-bond donors (Lipinski definition) is 1. The summed E-state index contributed by atoms with van der Waals surface area (Å²) in [5.41, 5.74) is 2.30. The molecule has 4 rings (SSSR count). The van der Waals surface area contributed by atoms with E-state index >= 15 is 0 Å². The van der Waals surface area contributed by atoms with Crippen molar-refractivity contribution in [2.24, 2.45) is 0 Å². The molecule has 3 aromatic heterocycles. The van der Waals surface area contributed by atoms with Crippen molar-refractivity contribution in [1.82, 2.24) is 9.55 Å². The molecule has 130 valence electrons. The molecule has 0 aliphatic rings. The molecule has 0 saturated heterocycles. The van der Waals surface area contributed by atoms with Gasteiger partial charge >= 0.3 is 5.97 Å². The third-order valence-corrected chi connectivity index (χ3v) is 5.86. The smallest absolute Gasteiger partial charge is 0.323 e. The van der Waals surface area contributed by atoms with Crippen molar-refractivity contribution in [3.8, 4) is 21.8 Å². The third-order valence-electron chi connectivity index (χ3n) is 4.08. The molecule has 0 aliphatic heterocycles. The van der Waals surface area contributed by atoms with E-state index in [1.54, 1.807) is 11.3 Å². The molecule has 0 fully saturated rings. The Morgan fingerprint density at radius 1 is 1.19 bits per heavy atom. The Hall–Kier alpha value is -2.77. The Morgan fingerprint density at radius 2 is 1.96 bits per heavy atom. The van der Waals surface area contributed by atoms with Crippen molar-refractivity contribution in [2.45, 2.75) is 13.5 Å². The molecule has 3 heterocycles. The maximum Gasteiger partial charge on any atom is 0.323 e. The Labute approximate surface area is 156 Å². The van der Waals surface area contributed by atoms with Crippen LogP contribution in [0.4, 0.5) is 0 Å². The molecule has 0 radical (unpaired) electrons. The SMILES string of the molecule is Cc1ccc(-c2nc3scc(-c4cccs4)c3c(=O)n2CC(=O)O)cc1. The van der Waals surface area contributed by atoms with Gasteiger partial charge in [0, 0.05) is 21.4 Å². The van der Waals surface area contributed by atoms with E-state index in [-0.39, 0.29) is 5.56 Å². The minimum Gasteiger partial charge on any atom is -0.480 e. The molecule has 0 spiro atoms. The molecule has 0 amide bonds. The van der Waals surface area contributed by atoms with Gasteiger partial charge in [-0.15, -0.1) is 22.7 Å². The molecular weight excluding hydrogens is 368 g/mol. The molecule has 0 saturated carbocycles. The summed E-state index contributed by atoms with van der Waals surface area (Å²) in [4.78, 5) is 30.8. The number of hydrogen-bond acceptors (Lipinski definition) is 5. The van der Waals surface area contributed by atoms with Gasteiger partial charge in [0.05, 0.1) is 5.39 Å². The predicted molar refractivity (Wildman–Crippen MR) is 105 cm³/mol. The van der Waals surface area contributed by atoms with Gasteiger partial charge in [0.25, 0.3) is 5.56 Å². The minimum atomic E-state index is -1.07. The minimum absolute atomic E-state index is 0.322. The Morgan fingerprint density at radius 3 is 2.62 bits per heavy atom. The van der Waals surface area contributed by atoms with Crippen LogP contribution in [0, 0.1) is 6.92 Å². The lowest BCUT2D eigenvalue weighted by Gasteiger charge is -2.11. The predicted octanol–water partition coefficient (Wildman–Crippen LogP) is 4.25. The summed E-state index contributed by atoms with van der Waals surface area (Å²) >= 11 is 2.94. The number of aliphatic carboxylic acids is 1. The Bertz CT molecular complexity index is 1160. The zero-order chi connectivity index (χ0) is 18.3. The highest BCUT2D eigenvalue weighted by molar-refractivity contribution is 7.18. The number of benzene rings is 1. The topological polar surface area (TPSA) is 72.2 Å². The van der Waals surface area contributed by atoms with E-state index < -0.39 is 12.5 Å². The van der Waals surface area contributed by atoms with Crippen LogP contribution in [0.5, 0.6) is 0 Å². The van der Waals surface area contributed by atoms with E-state index in [4.69, 9.17) is 0 Å². The normalized spacial score (nSPS) is 11.1. The standard InChI is InChI=1S/C19H14N2O3S2/c1-11-4-6-12(7-5-11)17-20-18-16(19(24)21(17)9-15(22)23)13(10-26-18)14-3-2-8-25-14/h2-8,10H,9H2,1H3,(H,22,23). The van der Waals surface area contributed by atoms with Crippen LogP contribution in [0.1, 0.15) is 5.56 Å². The number of aryl methyl sites for hydroxylation is 1. The van der Waals surface area contributed by atoms with Crippen molar-refractivity contribution in [2.75, 3.05) is 0 Å². The van der Waals surface area contributed by atoms with Gasteiger partial charge in [-0.25, -0.2) is 4.98 Å². The van der Waals surface area contributed by atoms with Crippen molar-refractivity contribution < 1.29 is 9.90 Å². The third kappa shape index (κ3) is 2.85. The molecule has 0 unspecified atom stereocenters. The maximum absolute atomic E-state index is 13.2. The quantitative estimate of drug-likeness (QED) is 0.573. The summed E-state index contributed by atoms with van der Waals surface area (Å²) in [5, 5.41) is 13.6. The van der Waals surface area contributed by atoms with E-state index in [1.807, 2.05) is 54.1 Å². The van der Waals surface area contributed by atoms with Gasteiger partial charge in [-0.2, -0.15) is 0 Å². The van der Waals surface area contributed by atoms with Gasteiger partial charge < -0.3 is 5.11 Å². The molecular formula is C19H14N2O3S2. The van der Waals surface area contributed by atoms with Crippen LogP contribution in [0.2, 0.25) is 0 Å². The monoisotopic (exact) mass is 382 g/mol. The highest BCUT2D eigenvalue weighted by atomic mass is 32.1. The molecule has 0 atom stereocenters. The average molecular weight is 382 g/mol. The fourth-order valence-electron chi connectivity index (χ4n) is 2.84. The fourth-order valence-corrected chi connectivity index (χ4v) is 4.59. The highest BCUT2D eigenvalue weighted by Gasteiger charge is 2.19. The summed E-state index contributed by atoms with van der Waals surface area (Å²) in [6.07, 6.45) is 0. The summed E-state index contributed by atoms with van der Waals surface area (Å²) in [6.45, 7) is 1.54. The van der Waals surface area contributed by atoms with Gasteiger partial charge in [-0.1, -0.05) is 35.9 Å². The molecule has 7 heteroatoms. The average Bonchev–Trinajstić information content (AvgIpc) is 3.27. The first-order valence-electron chi connectivity index (χ1n) is 7.89. The lowest BCUT2D eigenvalue weighted by molar-refractivity contribution is -0.137. The summed E-state index contributed by atoms with van der Waals surface area (Å²) < 4.78 is 1.25. The maximum atomic E-state index is 13.2. The van der Waals surface area contributed by atoms with Crippen LogP contribution in [0.3, 0.4) is 0 Å². The molecule has 26 heavy (non-hydrogen) atoms. The molecule has 0 bridgehead atoms. The number of carboxylic acids is 1. The number of aromatic nitrogens is 2. The second-order valence-electron chi connectivity index (χ2n) is 5.89. The summed E-state index contributed by atoms with van der Waals surface area (Å²) in [7, 11) is 0. The zero-order valence-electron chi connectivity index (χ0n) is 13.8. The highest BCUT2D eigenvalue weighted by Crippen LogP contribution is 2.34. The van der Waals surface area contributed by atoms with E-state index in [0.29, 0.717) is 16.0 Å². The summed E-state index contributed by atoms with van der Waals surface area (Å²) in [5.74, 6) is -0.695. The molecule has 1 aromatic carbocycles. The lowest BCUT2D eigenvalue weighted by atomic mass is 10.1. The zero-order valence-corrected chi connectivity index (χ0v) is 15.4. The summed E-state index contributed by atoms with van der Waals surface area (Å²) in [6, 6.07) is 11.4. The number of carbonyl (C=O) groups is 1. The van der Waals surface area contributed by atoms with Crippen LogP contribution in [-0.2, 0) is 11.3 Å². The Kier molecular flexibility index (Phi) is 4.18. The first kappa shape index (κ1) is 16.7. The largest absolute Gasteiger partial charge is 0.480 e. The first-order chi connectivity index (χ1) is 12.5. The van der Waals surface area contributed by atoms with Gasteiger partial charge in [-0.05, 0) is 18.4 Å². The number of thiophene rings is 2. The fraction of sp³-hybridized carbons (Fsp3) is 0.105. The number of fused-ring (bicyclic) bond motifs is 1. The lowest BCUT2D eigenvalue weighted by Crippen LogP contribution is -2.26. The van der Waals surface area contributed by atoms with E-state index in [9.17, 15) is 14.7 Å². The van der Waals surface area contributed by atoms with Crippen LogP contribution in [0.25, 0.3) is 32.0 Å². The molecule has 0 aliphatic carbocycles. The second kappa shape index (κ2) is 6.51. The number of carboxylic acid groups (broad SMARTS) is 1. The van der Waals surface area contributed by atoms with Crippen LogP contribution in [0.15, 0.2) is 52.0 Å². The van der Waals surface area contributed by atoms with Crippen molar-refractivity contribution in [1.29, 1.82) is 0 Å². The van der Waals surface area contributed by atoms with Gasteiger partial charge in [0.15, 0.2) is 0 Å². The Balaban J connectivity index is 2.02. The van der Waals surface area contributed by atoms with Crippen LogP contribution in [-0.4, -0.2) is 20.6 Å². The molecule has 5 nitrogen and oxygen atoms in total. The van der Waals surface area contributed by atoms with Gasteiger partial charge in [0.2, 0.25) is 0 Å². The van der Waals surface area contributed by atoms with Crippen molar-refractivity contribution >= 4 is 38.9 Å². The molecule has 4 aromatic rings. The van der Waals surface area contributed by atoms with Gasteiger partial charge in [-0.3, -0.25) is 14.2 Å². The number of rotatable bonds is 4. The number of nitrogens with zero attached hydrogens (tertiary/aromatic N) is 2. The first-order valence-corrected chi connectivity index (χ1v) is 9.65. The van der Waals surface area contributed by atoms with Crippen molar-refractivity contribution in [3.63, 3.8) is 0 Å². The van der Waals surface area contributed by atoms with Crippen LogP contribution >= 0.6 is 22.7 Å². The van der Waals surface area contributed by atoms with E-state index in [1.165, 1.54) is 15.9 Å². The van der Waals surface area contributed by atoms with Gasteiger partial charge in [0.1, 0.15) is 17.2 Å². The van der Waals surface area contributed by atoms with E-state index in [2.05, 4.69) is 4.98 Å².